The van der Waals surface area contributed by atoms with E-state index in [0.29, 0.717) is 6.61 Å². The average molecular weight is 221 g/mol. The molecule has 1 aliphatic heterocycles. The zero-order valence-corrected chi connectivity index (χ0v) is 10.2. The lowest BCUT2D eigenvalue weighted by Crippen LogP contribution is -2.10. The second-order valence-electron chi connectivity index (χ2n) is 4.01. The van der Waals surface area contributed by atoms with Gasteiger partial charge in [0.2, 0.25) is 0 Å². The summed E-state index contributed by atoms with van der Waals surface area (Å²) in [7, 11) is 0. The van der Waals surface area contributed by atoms with Gasteiger partial charge in [-0.15, -0.1) is 0 Å². The molecule has 4 heteroatoms. The fraction of sp³-hybridized carbons (Fsp3) is 0.667. The summed E-state index contributed by atoms with van der Waals surface area (Å²) < 4.78 is 5.54. The number of ether oxygens (including phenoxy) is 1. The van der Waals surface area contributed by atoms with Crippen molar-refractivity contribution in [3.05, 3.63) is 22.8 Å². The molecule has 2 heterocycles. The van der Waals surface area contributed by atoms with Crippen LogP contribution in [0.3, 0.4) is 0 Å². The van der Waals surface area contributed by atoms with Gasteiger partial charge in [-0.05, 0) is 20.3 Å². The molecule has 2 rings (SSSR count). The van der Waals surface area contributed by atoms with Crippen LogP contribution < -0.4 is 5.32 Å². The highest BCUT2D eigenvalue weighted by atomic mass is 16.5. The molecule has 0 spiro atoms. The molecule has 1 aliphatic rings. The lowest BCUT2D eigenvalue weighted by atomic mass is 10.1. The smallest absolute Gasteiger partial charge is 0.157 e. The Morgan fingerprint density at radius 3 is 2.81 bits per heavy atom. The van der Waals surface area contributed by atoms with E-state index in [4.69, 9.17) is 4.74 Å². The van der Waals surface area contributed by atoms with Gasteiger partial charge in [0.25, 0.3) is 0 Å². The maximum Gasteiger partial charge on any atom is 0.157 e. The number of aromatic nitrogens is 2. The maximum atomic E-state index is 5.54. The van der Waals surface area contributed by atoms with Crippen LogP contribution in [0, 0.1) is 0 Å². The minimum atomic E-state index is -0.0128. The molecule has 0 aliphatic carbocycles. The van der Waals surface area contributed by atoms with Crippen LogP contribution in [0.25, 0.3) is 0 Å². The Labute approximate surface area is 96.4 Å². The first kappa shape index (κ1) is 11.5. The Balaban J connectivity index is 2.34. The number of nitrogens with zero attached hydrogens (tertiary/aromatic N) is 2. The van der Waals surface area contributed by atoms with Crippen LogP contribution in [0.15, 0.2) is 0 Å². The Kier molecular flexibility index (Phi) is 3.51. The molecule has 16 heavy (non-hydrogen) atoms. The monoisotopic (exact) mass is 221 g/mol. The summed E-state index contributed by atoms with van der Waals surface area (Å²) in [6, 6.07) is 0. The Morgan fingerprint density at radius 1 is 1.31 bits per heavy atom. The van der Waals surface area contributed by atoms with Crippen LogP contribution in [0.4, 0.5) is 0 Å². The topological polar surface area (TPSA) is 47.0 Å². The van der Waals surface area contributed by atoms with Crippen molar-refractivity contribution in [3.63, 3.8) is 0 Å². The third-order valence-corrected chi connectivity index (χ3v) is 2.91. The van der Waals surface area contributed by atoms with Crippen molar-refractivity contribution in [3.8, 4) is 0 Å². The molecule has 1 atom stereocenters. The van der Waals surface area contributed by atoms with Crippen molar-refractivity contribution in [2.75, 3.05) is 6.61 Å². The van der Waals surface area contributed by atoms with Gasteiger partial charge in [0, 0.05) is 31.0 Å². The standard InChI is InChI=1S/C12H19N3O/c1-4-10-9-6-13-7-11(9)15-12(14-10)8(3)16-5-2/h8,13H,4-7H2,1-3H3. The SMILES string of the molecule is CCOC(C)c1nc(CC)c2c(n1)CNC2. The minimum Gasteiger partial charge on any atom is -0.371 e. The summed E-state index contributed by atoms with van der Waals surface area (Å²) in [6.45, 7) is 8.59. The second kappa shape index (κ2) is 4.89. The predicted molar refractivity (Wildman–Crippen MR) is 62.0 cm³/mol. The number of hydrogen-bond acceptors (Lipinski definition) is 4. The molecular weight excluding hydrogens is 202 g/mol. The molecule has 1 N–H and O–H groups in total. The van der Waals surface area contributed by atoms with Crippen molar-refractivity contribution in [2.24, 2.45) is 0 Å². The van der Waals surface area contributed by atoms with Crippen LogP contribution in [-0.4, -0.2) is 16.6 Å². The van der Waals surface area contributed by atoms with Gasteiger partial charge in [0.15, 0.2) is 5.82 Å². The summed E-state index contributed by atoms with van der Waals surface area (Å²) >= 11 is 0. The van der Waals surface area contributed by atoms with Crippen LogP contribution >= 0.6 is 0 Å². The second-order valence-corrected chi connectivity index (χ2v) is 4.01. The van der Waals surface area contributed by atoms with Gasteiger partial charge in [0.1, 0.15) is 6.10 Å². The number of fused-ring (bicyclic) bond motifs is 1. The van der Waals surface area contributed by atoms with Crippen LogP contribution in [-0.2, 0) is 24.2 Å². The van der Waals surface area contributed by atoms with Gasteiger partial charge < -0.3 is 10.1 Å². The van der Waals surface area contributed by atoms with E-state index in [1.54, 1.807) is 0 Å². The minimum absolute atomic E-state index is 0.0128. The summed E-state index contributed by atoms with van der Waals surface area (Å²) in [5.74, 6) is 0.821. The molecule has 0 amide bonds. The first-order chi connectivity index (χ1) is 7.76. The molecule has 0 bridgehead atoms. The van der Waals surface area contributed by atoms with Crippen molar-refractivity contribution < 1.29 is 4.74 Å². The van der Waals surface area contributed by atoms with Crippen molar-refractivity contribution in [1.82, 2.24) is 15.3 Å². The van der Waals surface area contributed by atoms with Gasteiger partial charge in [-0.1, -0.05) is 6.92 Å². The summed E-state index contributed by atoms with van der Waals surface area (Å²) in [5, 5.41) is 3.32. The van der Waals surface area contributed by atoms with E-state index < -0.39 is 0 Å². The van der Waals surface area contributed by atoms with Crippen molar-refractivity contribution in [1.29, 1.82) is 0 Å². The van der Waals surface area contributed by atoms with E-state index in [-0.39, 0.29) is 6.10 Å². The van der Waals surface area contributed by atoms with Gasteiger partial charge in [0.05, 0.1) is 5.69 Å². The van der Waals surface area contributed by atoms with Crippen LogP contribution in [0.2, 0.25) is 0 Å². The molecule has 0 aromatic carbocycles. The Morgan fingerprint density at radius 2 is 2.12 bits per heavy atom. The van der Waals surface area contributed by atoms with Crippen LogP contribution in [0.1, 0.15) is 49.7 Å². The highest BCUT2D eigenvalue weighted by molar-refractivity contribution is 5.29. The van der Waals surface area contributed by atoms with Gasteiger partial charge in [-0.3, -0.25) is 0 Å². The van der Waals surface area contributed by atoms with E-state index in [2.05, 4.69) is 22.2 Å². The fourth-order valence-electron chi connectivity index (χ4n) is 2.06. The number of aryl methyl sites for hydroxylation is 1. The molecule has 0 radical (unpaired) electrons. The first-order valence-electron chi connectivity index (χ1n) is 5.97. The number of rotatable bonds is 4. The molecule has 1 aromatic rings. The third-order valence-electron chi connectivity index (χ3n) is 2.91. The lowest BCUT2D eigenvalue weighted by molar-refractivity contribution is 0.0697. The Bertz CT molecular complexity index is 379. The molecule has 0 saturated heterocycles. The van der Waals surface area contributed by atoms with Crippen molar-refractivity contribution >= 4 is 0 Å². The quantitative estimate of drug-likeness (QED) is 0.841. The van der Waals surface area contributed by atoms with E-state index in [1.807, 2.05) is 13.8 Å². The summed E-state index contributed by atoms with van der Waals surface area (Å²) in [5.41, 5.74) is 3.60. The van der Waals surface area contributed by atoms with Crippen molar-refractivity contribution in [2.45, 2.75) is 46.4 Å². The fourth-order valence-corrected chi connectivity index (χ4v) is 2.06. The molecule has 1 unspecified atom stereocenters. The third kappa shape index (κ3) is 2.08. The van der Waals surface area contributed by atoms with Gasteiger partial charge >= 0.3 is 0 Å². The maximum absolute atomic E-state index is 5.54. The van der Waals surface area contributed by atoms with Crippen LogP contribution in [0.5, 0.6) is 0 Å². The zero-order chi connectivity index (χ0) is 11.5. The molecule has 1 aromatic heterocycles. The molecule has 4 nitrogen and oxygen atoms in total. The molecule has 0 saturated carbocycles. The average Bonchev–Trinajstić information content (AvgIpc) is 2.75. The summed E-state index contributed by atoms with van der Waals surface area (Å²) in [6.07, 6.45) is 0.944. The van der Waals surface area contributed by atoms with Gasteiger partial charge in [-0.2, -0.15) is 0 Å². The van der Waals surface area contributed by atoms with E-state index in [1.165, 1.54) is 5.56 Å². The normalized spacial score (nSPS) is 16.2. The van der Waals surface area contributed by atoms with E-state index >= 15 is 0 Å². The first-order valence-corrected chi connectivity index (χ1v) is 5.97. The molecular formula is C12H19N3O. The highest BCUT2D eigenvalue weighted by Gasteiger charge is 2.20. The Hall–Kier alpha value is -1.00. The lowest BCUT2D eigenvalue weighted by Gasteiger charge is -2.13. The van der Waals surface area contributed by atoms with E-state index in [0.717, 1.165) is 36.7 Å². The number of hydrogen-bond donors (Lipinski definition) is 1. The molecule has 88 valence electrons. The van der Waals surface area contributed by atoms with Gasteiger partial charge in [-0.25, -0.2) is 9.97 Å². The predicted octanol–water partition coefficient (Wildman–Crippen LogP) is 1.74. The largest absolute Gasteiger partial charge is 0.371 e. The summed E-state index contributed by atoms with van der Waals surface area (Å²) in [4.78, 5) is 9.19. The number of nitrogens with one attached hydrogen (secondary N) is 1. The van der Waals surface area contributed by atoms with E-state index in [9.17, 15) is 0 Å². The highest BCUT2D eigenvalue weighted by Crippen LogP contribution is 2.21. The zero-order valence-electron chi connectivity index (χ0n) is 10.2. The molecule has 0 fully saturated rings.